The number of methoxy groups -OCH3 is 1. The number of carbonyl (C=O) groups is 1. The molecule has 0 N–H and O–H groups in total. The van der Waals surface area contributed by atoms with Crippen LogP contribution >= 0.6 is 34.9 Å². The summed E-state index contributed by atoms with van der Waals surface area (Å²) in [5.41, 5.74) is 0.465. The van der Waals surface area contributed by atoms with E-state index in [1.54, 1.807) is 29.2 Å². The Bertz CT molecular complexity index is 583. The summed E-state index contributed by atoms with van der Waals surface area (Å²) in [5, 5.41) is 8.29. The number of rotatable bonds is 8. The van der Waals surface area contributed by atoms with E-state index in [2.05, 4.69) is 17.1 Å². The number of unbranched alkanes of at least 4 members (excludes halogenated alkanes) is 1. The molecule has 0 fully saturated rings. The quantitative estimate of drug-likeness (QED) is 0.406. The van der Waals surface area contributed by atoms with Crippen molar-refractivity contribution in [1.29, 1.82) is 0 Å². The standard InChI is InChI=1S/C13H16N2O3S3/c1-3-4-7-19-12-14-15-13(21-12)20-8-10-9(5-6-18-10)11(16)17-2/h5-6H,3-4,7-8H2,1-2H3. The van der Waals surface area contributed by atoms with Crippen LogP contribution in [0.15, 0.2) is 25.4 Å². The molecule has 0 saturated heterocycles. The van der Waals surface area contributed by atoms with Gasteiger partial charge in [0.15, 0.2) is 8.68 Å². The lowest BCUT2D eigenvalue weighted by molar-refractivity contribution is 0.0598. The van der Waals surface area contributed by atoms with E-state index >= 15 is 0 Å². The van der Waals surface area contributed by atoms with Crippen molar-refractivity contribution in [2.24, 2.45) is 0 Å². The summed E-state index contributed by atoms with van der Waals surface area (Å²) in [6.45, 7) is 2.17. The number of aromatic nitrogens is 2. The highest BCUT2D eigenvalue weighted by atomic mass is 32.2. The van der Waals surface area contributed by atoms with Crippen LogP contribution in [0.5, 0.6) is 0 Å². The van der Waals surface area contributed by atoms with E-state index in [4.69, 9.17) is 9.15 Å². The van der Waals surface area contributed by atoms with Gasteiger partial charge in [0.2, 0.25) is 0 Å². The van der Waals surface area contributed by atoms with E-state index in [0.29, 0.717) is 17.1 Å². The number of hydrogen-bond donors (Lipinski definition) is 0. The summed E-state index contributed by atoms with van der Waals surface area (Å²) >= 11 is 4.82. The molecule has 2 aromatic rings. The predicted molar refractivity (Wildman–Crippen MR) is 85.1 cm³/mol. The maximum Gasteiger partial charge on any atom is 0.341 e. The SMILES string of the molecule is CCCCSc1nnc(SCc2occc2C(=O)OC)s1. The maximum absolute atomic E-state index is 11.5. The van der Waals surface area contributed by atoms with Crippen LogP contribution in [0, 0.1) is 0 Å². The third-order valence-electron chi connectivity index (χ3n) is 2.59. The first-order chi connectivity index (χ1) is 10.2. The molecule has 0 bridgehead atoms. The first kappa shape index (κ1) is 16.4. The summed E-state index contributed by atoms with van der Waals surface area (Å²) in [6, 6.07) is 1.62. The van der Waals surface area contributed by atoms with Crippen molar-refractivity contribution >= 4 is 40.8 Å². The third-order valence-corrected chi connectivity index (χ3v) is 5.86. The van der Waals surface area contributed by atoms with Gasteiger partial charge in [0.05, 0.1) is 19.1 Å². The van der Waals surface area contributed by atoms with Gasteiger partial charge in [-0.2, -0.15) is 0 Å². The van der Waals surface area contributed by atoms with Crippen LogP contribution in [0.4, 0.5) is 0 Å². The number of ether oxygens (including phenoxy) is 1. The highest BCUT2D eigenvalue weighted by molar-refractivity contribution is 8.02. The van der Waals surface area contributed by atoms with Gasteiger partial charge in [-0.3, -0.25) is 0 Å². The van der Waals surface area contributed by atoms with Gasteiger partial charge in [-0.1, -0.05) is 48.2 Å². The smallest absolute Gasteiger partial charge is 0.341 e. The van der Waals surface area contributed by atoms with Crippen LogP contribution in [0.2, 0.25) is 0 Å². The summed E-state index contributed by atoms with van der Waals surface area (Å²) < 4.78 is 11.9. The molecule has 0 amide bonds. The summed E-state index contributed by atoms with van der Waals surface area (Å²) in [4.78, 5) is 11.5. The van der Waals surface area contributed by atoms with Crippen LogP contribution in [-0.4, -0.2) is 29.0 Å². The third kappa shape index (κ3) is 4.76. The predicted octanol–water partition coefficient (Wildman–Crippen LogP) is 4.10. The molecule has 8 heteroatoms. The molecule has 2 aromatic heterocycles. The van der Waals surface area contributed by atoms with Crippen molar-refractivity contribution in [2.75, 3.05) is 12.9 Å². The molecule has 21 heavy (non-hydrogen) atoms. The monoisotopic (exact) mass is 344 g/mol. The molecule has 0 aliphatic rings. The minimum atomic E-state index is -0.382. The maximum atomic E-state index is 11.5. The molecular formula is C13H16N2O3S3. The van der Waals surface area contributed by atoms with E-state index in [1.807, 2.05) is 0 Å². The van der Waals surface area contributed by atoms with Gasteiger partial charge in [-0.25, -0.2) is 4.79 Å². The second-order valence-corrected chi connectivity index (χ2v) is 7.62. The molecule has 0 aliphatic heterocycles. The van der Waals surface area contributed by atoms with Crippen molar-refractivity contribution in [2.45, 2.75) is 34.2 Å². The first-order valence-electron chi connectivity index (χ1n) is 6.48. The topological polar surface area (TPSA) is 65.2 Å². The molecule has 114 valence electrons. The average Bonchev–Trinajstić information content (AvgIpc) is 3.13. The molecule has 0 aliphatic carbocycles. The Hall–Kier alpha value is -0.990. The number of furan rings is 1. The van der Waals surface area contributed by atoms with E-state index in [1.165, 1.54) is 38.0 Å². The zero-order valence-corrected chi connectivity index (χ0v) is 14.3. The number of nitrogens with zero attached hydrogens (tertiary/aromatic N) is 2. The minimum Gasteiger partial charge on any atom is -0.468 e. The van der Waals surface area contributed by atoms with Crippen molar-refractivity contribution in [3.8, 4) is 0 Å². The highest BCUT2D eigenvalue weighted by Gasteiger charge is 2.16. The lowest BCUT2D eigenvalue weighted by atomic mass is 10.3. The second-order valence-electron chi connectivity index (χ2n) is 4.07. The van der Waals surface area contributed by atoms with Crippen LogP contribution in [0.25, 0.3) is 0 Å². The Morgan fingerprint density at radius 3 is 2.86 bits per heavy atom. The lowest BCUT2D eigenvalue weighted by Crippen LogP contribution is -2.02. The molecule has 0 atom stereocenters. The molecule has 0 spiro atoms. The van der Waals surface area contributed by atoms with Gasteiger partial charge in [0.25, 0.3) is 0 Å². The van der Waals surface area contributed by atoms with Gasteiger partial charge in [0, 0.05) is 5.75 Å². The lowest BCUT2D eigenvalue weighted by Gasteiger charge is -1.99. The normalized spacial score (nSPS) is 10.8. The van der Waals surface area contributed by atoms with Crippen LogP contribution < -0.4 is 0 Å². The Kier molecular flexibility index (Phi) is 6.59. The highest BCUT2D eigenvalue weighted by Crippen LogP contribution is 2.31. The number of hydrogen-bond acceptors (Lipinski definition) is 8. The van der Waals surface area contributed by atoms with Crippen molar-refractivity contribution in [1.82, 2.24) is 10.2 Å². The zero-order valence-electron chi connectivity index (χ0n) is 11.8. The molecular weight excluding hydrogens is 328 g/mol. The van der Waals surface area contributed by atoms with Crippen LogP contribution in [0.1, 0.15) is 35.9 Å². The first-order valence-corrected chi connectivity index (χ1v) is 9.27. The Morgan fingerprint density at radius 2 is 2.14 bits per heavy atom. The van der Waals surface area contributed by atoms with Crippen molar-refractivity contribution in [3.63, 3.8) is 0 Å². The Morgan fingerprint density at radius 1 is 1.38 bits per heavy atom. The van der Waals surface area contributed by atoms with E-state index in [-0.39, 0.29) is 5.97 Å². The minimum absolute atomic E-state index is 0.382. The van der Waals surface area contributed by atoms with Crippen molar-refractivity contribution < 1.29 is 13.9 Å². The molecule has 2 heterocycles. The largest absolute Gasteiger partial charge is 0.468 e. The van der Waals surface area contributed by atoms with Gasteiger partial charge in [0.1, 0.15) is 11.3 Å². The fourth-order valence-corrected chi connectivity index (χ4v) is 4.61. The van der Waals surface area contributed by atoms with Gasteiger partial charge < -0.3 is 9.15 Å². The molecule has 0 radical (unpaired) electrons. The van der Waals surface area contributed by atoms with Crippen molar-refractivity contribution in [3.05, 3.63) is 23.7 Å². The summed E-state index contributed by atoms with van der Waals surface area (Å²) in [7, 11) is 1.36. The summed E-state index contributed by atoms with van der Waals surface area (Å²) in [6.07, 6.45) is 3.86. The molecule has 0 unspecified atom stereocenters. The Labute approximate surface area is 135 Å². The molecule has 0 aromatic carbocycles. The van der Waals surface area contributed by atoms with Gasteiger partial charge >= 0.3 is 5.97 Å². The fourth-order valence-electron chi connectivity index (χ4n) is 1.49. The summed E-state index contributed by atoms with van der Waals surface area (Å²) in [5.74, 6) is 1.82. The van der Waals surface area contributed by atoms with E-state index in [9.17, 15) is 4.79 Å². The molecule has 0 saturated carbocycles. The zero-order chi connectivity index (χ0) is 15.1. The van der Waals surface area contributed by atoms with Crippen LogP contribution in [-0.2, 0) is 10.5 Å². The van der Waals surface area contributed by atoms with Crippen LogP contribution in [0.3, 0.4) is 0 Å². The van der Waals surface area contributed by atoms with Gasteiger partial charge in [-0.15, -0.1) is 10.2 Å². The molecule has 5 nitrogen and oxygen atoms in total. The Balaban J connectivity index is 1.88. The van der Waals surface area contributed by atoms with Gasteiger partial charge in [-0.05, 0) is 12.5 Å². The number of esters is 1. The fraction of sp³-hybridized carbons (Fsp3) is 0.462. The number of carbonyl (C=O) groups excluding carboxylic acids is 1. The number of thioether (sulfide) groups is 2. The van der Waals surface area contributed by atoms with E-state index in [0.717, 1.165) is 14.4 Å². The van der Waals surface area contributed by atoms with E-state index < -0.39 is 0 Å². The average molecular weight is 344 g/mol. The molecule has 2 rings (SSSR count). The second kappa shape index (κ2) is 8.45.